The number of sulfonamides is 1. The Kier molecular flexibility index (Phi) is 3.48. The average molecular weight is 272 g/mol. The summed E-state index contributed by atoms with van der Waals surface area (Å²) in [6.45, 7) is 7.24. The zero-order chi connectivity index (χ0) is 13.5. The van der Waals surface area contributed by atoms with Crippen LogP contribution in [0.15, 0.2) is 4.90 Å². The summed E-state index contributed by atoms with van der Waals surface area (Å²) < 4.78 is 28.4. The van der Waals surface area contributed by atoms with E-state index in [-0.39, 0.29) is 6.04 Å². The highest BCUT2D eigenvalue weighted by Crippen LogP contribution is 2.23. The Hall–Kier alpha value is -0.920. The fourth-order valence-corrected chi connectivity index (χ4v) is 4.30. The second-order valence-corrected chi connectivity index (χ2v) is 6.72. The van der Waals surface area contributed by atoms with Crippen molar-refractivity contribution in [3.63, 3.8) is 0 Å². The number of rotatable bonds is 2. The van der Waals surface area contributed by atoms with Gasteiger partial charge in [-0.1, -0.05) is 0 Å². The van der Waals surface area contributed by atoms with Gasteiger partial charge in [-0.25, -0.2) is 8.42 Å². The highest BCUT2D eigenvalue weighted by molar-refractivity contribution is 7.89. The summed E-state index contributed by atoms with van der Waals surface area (Å²) in [4.78, 5) is 0.360. The van der Waals surface area contributed by atoms with Crippen LogP contribution in [0, 0.1) is 13.8 Å². The summed E-state index contributed by atoms with van der Waals surface area (Å²) in [7, 11) is -1.66. The van der Waals surface area contributed by atoms with Crippen LogP contribution in [-0.4, -0.2) is 48.2 Å². The molecule has 1 aliphatic rings. The zero-order valence-corrected chi connectivity index (χ0v) is 12.1. The molecular formula is C11H20N4O2S. The van der Waals surface area contributed by atoms with Crippen molar-refractivity contribution in [2.45, 2.75) is 31.7 Å². The summed E-state index contributed by atoms with van der Waals surface area (Å²) in [5, 5.41) is 7.43. The third kappa shape index (κ3) is 2.17. The van der Waals surface area contributed by atoms with E-state index in [4.69, 9.17) is 0 Å². The molecule has 1 aromatic rings. The summed E-state index contributed by atoms with van der Waals surface area (Å²) in [6.07, 6.45) is 0. The highest BCUT2D eigenvalue weighted by atomic mass is 32.2. The number of aryl methyl sites for hydroxylation is 2. The first kappa shape index (κ1) is 13.5. The minimum atomic E-state index is -3.43. The molecule has 1 aromatic heterocycles. The highest BCUT2D eigenvalue weighted by Gasteiger charge is 2.32. The van der Waals surface area contributed by atoms with Crippen molar-refractivity contribution in [1.82, 2.24) is 19.4 Å². The Morgan fingerprint density at radius 1 is 1.39 bits per heavy atom. The molecular weight excluding hydrogens is 252 g/mol. The maximum absolute atomic E-state index is 12.6. The maximum Gasteiger partial charge on any atom is 0.246 e. The molecule has 0 bridgehead atoms. The van der Waals surface area contributed by atoms with Gasteiger partial charge < -0.3 is 5.32 Å². The lowest BCUT2D eigenvalue weighted by Gasteiger charge is -2.31. The van der Waals surface area contributed by atoms with Crippen molar-refractivity contribution >= 4 is 10.0 Å². The van der Waals surface area contributed by atoms with Crippen LogP contribution < -0.4 is 5.32 Å². The van der Waals surface area contributed by atoms with Gasteiger partial charge in [-0.3, -0.25) is 4.68 Å². The van der Waals surface area contributed by atoms with Crippen LogP contribution in [0.2, 0.25) is 0 Å². The van der Waals surface area contributed by atoms with E-state index in [1.165, 1.54) is 0 Å². The minimum absolute atomic E-state index is 0.186. The molecule has 0 aliphatic carbocycles. The Morgan fingerprint density at radius 2 is 2.06 bits per heavy atom. The lowest BCUT2D eigenvalue weighted by molar-refractivity contribution is 0.310. The lowest BCUT2D eigenvalue weighted by Crippen LogP contribution is -2.51. The Balaban J connectivity index is 2.42. The third-order valence-corrected chi connectivity index (χ3v) is 5.49. The molecule has 0 radical (unpaired) electrons. The summed E-state index contributed by atoms with van der Waals surface area (Å²) in [5.74, 6) is 0. The molecule has 1 aliphatic heterocycles. The monoisotopic (exact) mass is 272 g/mol. The fraction of sp³-hybridized carbons (Fsp3) is 0.727. The molecule has 18 heavy (non-hydrogen) atoms. The van der Waals surface area contributed by atoms with Crippen LogP contribution in [0.5, 0.6) is 0 Å². The summed E-state index contributed by atoms with van der Waals surface area (Å²) in [6, 6.07) is 0.186. The van der Waals surface area contributed by atoms with Crippen molar-refractivity contribution in [3.05, 3.63) is 11.4 Å². The predicted molar refractivity (Wildman–Crippen MR) is 68.9 cm³/mol. The van der Waals surface area contributed by atoms with Gasteiger partial charge in [0.05, 0.1) is 11.4 Å². The number of nitrogens with one attached hydrogen (secondary N) is 1. The van der Waals surface area contributed by atoms with Crippen molar-refractivity contribution in [1.29, 1.82) is 0 Å². The molecule has 1 fully saturated rings. The first-order valence-electron chi connectivity index (χ1n) is 6.07. The van der Waals surface area contributed by atoms with Crippen LogP contribution in [0.4, 0.5) is 0 Å². The van der Waals surface area contributed by atoms with Gasteiger partial charge in [-0.2, -0.15) is 9.40 Å². The van der Waals surface area contributed by atoms with E-state index in [1.807, 2.05) is 6.92 Å². The average Bonchev–Trinajstić information content (AvgIpc) is 2.53. The Morgan fingerprint density at radius 3 is 2.56 bits per heavy atom. The molecule has 0 spiro atoms. The number of aromatic nitrogens is 2. The molecule has 0 saturated carbocycles. The number of hydrogen-bond donors (Lipinski definition) is 1. The van der Waals surface area contributed by atoms with E-state index < -0.39 is 10.0 Å². The molecule has 1 saturated heterocycles. The molecule has 1 atom stereocenters. The van der Waals surface area contributed by atoms with Crippen molar-refractivity contribution in [3.8, 4) is 0 Å². The normalized spacial score (nSPS) is 22.3. The van der Waals surface area contributed by atoms with E-state index in [0.29, 0.717) is 35.9 Å². The van der Waals surface area contributed by atoms with Crippen molar-refractivity contribution in [2.75, 3.05) is 19.6 Å². The second kappa shape index (κ2) is 4.64. The molecule has 2 rings (SSSR count). The molecule has 102 valence electrons. The molecule has 6 nitrogen and oxygen atoms in total. The Bertz CT molecular complexity index is 550. The van der Waals surface area contributed by atoms with Gasteiger partial charge in [-0.15, -0.1) is 0 Å². The first-order chi connectivity index (χ1) is 8.34. The van der Waals surface area contributed by atoms with Gasteiger partial charge in [0.25, 0.3) is 0 Å². The maximum atomic E-state index is 12.6. The van der Waals surface area contributed by atoms with Gasteiger partial charge in [0.1, 0.15) is 4.90 Å². The fourth-order valence-electron chi connectivity index (χ4n) is 2.37. The smallest absolute Gasteiger partial charge is 0.246 e. The molecule has 7 heteroatoms. The van der Waals surface area contributed by atoms with E-state index in [1.54, 1.807) is 29.9 Å². The van der Waals surface area contributed by atoms with E-state index >= 15 is 0 Å². The van der Waals surface area contributed by atoms with Gasteiger partial charge >= 0.3 is 0 Å². The van der Waals surface area contributed by atoms with Gasteiger partial charge in [0.2, 0.25) is 10.0 Å². The lowest BCUT2D eigenvalue weighted by atomic mass is 10.3. The van der Waals surface area contributed by atoms with Crippen molar-refractivity contribution < 1.29 is 8.42 Å². The van der Waals surface area contributed by atoms with Gasteiger partial charge in [-0.05, 0) is 20.8 Å². The molecule has 0 aromatic carbocycles. The van der Waals surface area contributed by atoms with Crippen LogP contribution >= 0.6 is 0 Å². The topological polar surface area (TPSA) is 67.2 Å². The number of hydrogen-bond acceptors (Lipinski definition) is 4. The SMILES string of the molecule is Cc1nn(C)c(C)c1S(=O)(=O)N1CCN[C@H](C)C1. The number of piperazine rings is 1. The van der Waals surface area contributed by atoms with E-state index in [9.17, 15) is 8.42 Å². The third-order valence-electron chi connectivity index (χ3n) is 3.37. The summed E-state index contributed by atoms with van der Waals surface area (Å²) in [5.41, 5.74) is 1.26. The molecule has 0 unspecified atom stereocenters. The molecule has 2 heterocycles. The van der Waals surface area contributed by atoms with Crippen LogP contribution in [0.3, 0.4) is 0 Å². The van der Waals surface area contributed by atoms with Crippen LogP contribution in [-0.2, 0) is 17.1 Å². The number of nitrogens with zero attached hydrogens (tertiary/aromatic N) is 3. The predicted octanol–water partition coefficient (Wildman–Crippen LogP) is 0.0193. The van der Waals surface area contributed by atoms with E-state index in [0.717, 1.165) is 0 Å². The van der Waals surface area contributed by atoms with Crippen molar-refractivity contribution in [2.24, 2.45) is 7.05 Å². The van der Waals surface area contributed by atoms with Crippen LogP contribution in [0.25, 0.3) is 0 Å². The van der Waals surface area contributed by atoms with Gasteiger partial charge in [0.15, 0.2) is 0 Å². The second-order valence-electron chi connectivity index (χ2n) is 4.84. The van der Waals surface area contributed by atoms with Crippen LogP contribution in [0.1, 0.15) is 18.3 Å². The minimum Gasteiger partial charge on any atom is -0.312 e. The van der Waals surface area contributed by atoms with E-state index in [2.05, 4.69) is 10.4 Å². The first-order valence-corrected chi connectivity index (χ1v) is 7.51. The zero-order valence-electron chi connectivity index (χ0n) is 11.3. The molecule has 0 amide bonds. The quantitative estimate of drug-likeness (QED) is 0.824. The molecule has 1 N–H and O–H groups in total. The summed E-state index contributed by atoms with van der Waals surface area (Å²) >= 11 is 0. The van der Waals surface area contributed by atoms with Gasteiger partial charge in [0, 0.05) is 32.7 Å². The largest absolute Gasteiger partial charge is 0.312 e. The Labute approximate surface area is 108 Å². The standard InChI is InChI=1S/C11H20N4O2S/c1-8-7-15(6-5-12-8)18(16,17)11-9(2)13-14(4)10(11)3/h8,12H,5-7H2,1-4H3/t8-/m1/s1.